The van der Waals surface area contributed by atoms with Gasteiger partial charge in [0.15, 0.2) is 0 Å². The second-order valence-electron chi connectivity index (χ2n) is 6.28. The molecule has 2 amide bonds. The Bertz CT molecular complexity index is 934. The van der Waals surface area contributed by atoms with Crippen LogP contribution in [0, 0.1) is 6.92 Å². The predicted molar refractivity (Wildman–Crippen MR) is 104 cm³/mol. The summed E-state index contributed by atoms with van der Waals surface area (Å²) in [5, 5.41) is 4.33. The van der Waals surface area contributed by atoms with Crippen molar-refractivity contribution in [2.75, 3.05) is 25.0 Å². The largest absolute Gasteiger partial charge is 0.339 e. The van der Waals surface area contributed by atoms with Gasteiger partial charge in [-0.3, -0.25) is 9.59 Å². The molecule has 0 atom stereocenters. The summed E-state index contributed by atoms with van der Waals surface area (Å²) < 4.78 is 26.6. The number of benzene rings is 1. The molecule has 2 heterocycles. The van der Waals surface area contributed by atoms with E-state index in [9.17, 15) is 18.0 Å². The number of likely N-dealkylation sites (tertiary alicyclic amines) is 1. The quantitative estimate of drug-likeness (QED) is 0.767. The standard InChI is InChI=1S/C18H21N3O4S2/c1-13-14(18(23)21-9-2-3-10-21)6-4-7-15(13)20-16(22)12-19-27(24,25)17-8-5-11-26-17/h4-8,11,19H,2-3,9-10,12H2,1H3,(H,20,22). The van der Waals surface area contributed by atoms with E-state index in [1.54, 1.807) is 36.6 Å². The summed E-state index contributed by atoms with van der Waals surface area (Å²) in [5.74, 6) is -0.538. The zero-order valence-corrected chi connectivity index (χ0v) is 16.5. The van der Waals surface area contributed by atoms with Crippen LogP contribution in [0.1, 0.15) is 28.8 Å². The van der Waals surface area contributed by atoms with E-state index in [-0.39, 0.29) is 16.7 Å². The second-order valence-corrected chi connectivity index (χ2v) is 9.22. The number of sulfonamides is 1. The van der Waals surface area contributed by atoms with Gasteiger partial charge in [0.05, 0.1) is 6.54 Å². The lowest BCUT2D eigenvalue weighted by Gasteiger charge is -2.18. The van der Waals surface area contributed by atoms with Gasteiger partial charge in [-0.05, 0) is 48.9 Å². The molecule has 1 aliphatic heterocycles. The number of hydrogen-bond acceptors (Lipinski definition) is 5. The summed E-state index contributed by atoms with van der Waals surface area (Å²) in [6, 6.07) is 8.25. The topological polar surface area (TPSA) is 95.6 Å². The maximum Gasteiger partial charge on any atom is 0.254 e. The van der Waals surface area contributed by atoms with Crippen molar-refractivity contribution in [1.29, 1.82) is 0 Å². The SMILES string of the molecule is Cc1c(NC(=O)CNS(=O)(=O)c2cccs2)cccc1C(=O)N1CCCC1. The Balaban J connectivity index is 1.66. The molecule has 0 spiro atoms. The molecule has 144 valence electrons. The number of rotatable bonds is 6. The van der Waals surface area contributed by atoms with E-state index in [4.69, 9.17) is 0 Å². The molecular weight excluding hydrogens is 386 g/mol. The van der Waals surface area contributed by atoms with Gasteiger partial charge in [0, 0.05) is 24.3 Å². The van der Waals surface area contributed by atoms with Gasteiger partial charge in [0.2, 0.25) is 5.91 Å². The highest BCUT2D eigenvalue weighted by Crippen LogP contribution is 2.22. The number of nitrogens with zero attached hydrogens (tertiary/aromatic N) is 1. The van der Waals surface area contributed by atoms with Crippen molar-refractivity contribution in [3.8, 4) is 0 Å². The molecule has 3 rings (SSSR count). The molecule has 7 nitrogen and oxygen atoms in total. The minimum Gasteiger partial charge on any atom is -0.339 e. The molecule has 2 N–H and O–H groups in total. The average molecular weight is 408 g/mol. The van der Waals surface area contributed by atoms with Crippen molar-refractivity contribution >= 4 is 38.9 Å². The molecule has 1 fully saturated rings. The Hall–Kier alpha value is -2.23. The van der Waals surface area contributed by atoms with Crippen LogP contribution in [0.5, 0.6) is 0 Å². The third-order valence-electron chi connectivity index (χ3n) is 4.41. The molecule has 0 radical (unpaired) electrons. The third kappa shape index (κ3) is 4.55. The lowest BCUT2D eigenvalue weighted by atomic mass is 10.1. The second kappa shape index (κ2) is 8.20. The van der Waals surface area contributed by atoms with Crippen LogP contribution in [0.25, 0.3) is 0 Å². The minimum atomic E-state index is -3.70. The van der Waals surface area contributed by atoms with Crippen molar-refractivity contribution < 1.29 is 18.0 Å². The van der Waals surface area contributed by atoms with Crippen molar-refractivity contribution in [1.82, 2.24) is 9.62 Å². The highest BCUT2D eigenvalue weighted by Gasteiger charge is 2.22. The summed E-state index contributed by atoms with van der Waals surface area (Å²) >= 11 is 1.08. The highest BCUT2D eigenvalue weighted by atomic mass is 32.2. The van der Waals surface area contributed by atoms with Crippen LogP contribution in [0.4, 0.5) is 5.69 Å². The fourth-order valence-corrected chi connectivity index (χ4v) is 4.96. The van der Waals surface area contributed by atoms with E-state index in [1.807, 2.05) is 4.90 Å². The molecule has 0 aliphatic carbocycles. The lowest BCUT2D eigenvalue weighted by molar-refractivity contribution is -0.115. The first kappa shape index (κ1) is 19.5. The Morgan fingerprint density at radius 3 is 2.56 bits per heavy atom. The first-order valence-electron chi connectivity index (χ1n) is 8.60. The first-order valence-corrected chi connectivity index (χ1v) is 11.0. The third-order valence-corrected chi connectivity index (χ3v) is 7.21. The molecule has 1 aromatic carbocycles. The molecule has 0 saturated carbocycles. The number of nitrogens with one attached hydrogen (secondary N) is 2. The summed E-state index contributed by atoms with van der Waals surface area (Å²) in [7, 11) is -3.70. The van der Waals surface area contributed by atoms with E-state index < -0.39 is 15.9 Å². The monoisotopic (exact) mass is 407 g/mol. The molecule has 1 aliphatic rings. The molecule has 0 bridgehead atoms. The van der Waals surface area contributed by atoms with Gasteiger partial charge in [-0.2, -0.15) is 0 Å². The molecule has 1 saturated heterocycles. The van der Waals surface area contributed by atoms with Crippen LogP contribution in [-0.4, -0.2) is 44.8 Å². The number of carbonyl (C=O) groups is 2. The summed E-state index contributed by atoms with van der Waals surface area (Å²) in [6.45, 7) is 2.89. The average Bonchev–Trinajstić information content (AvgIpc) is 3.35. The van der Waals surface area contributed by atoms with Crippen molar-refractivity contribution in [2.45, 2.75) is 24.0 Å². The van der Waals surface area contributed by atoms with Crippen LogP contribution in [0.15, 0.2) is 39.9 Å². The van der Waals surface area contributed by atoms with Crippen LogP contribution in [0.2, 0.25) is 0 Å². The summed E-state index contributed by atoms with van der Waals surface area (Å²) in [4.78, 5) is 26.6. The highest BCUT2D eigenvalue weighted by molar-refractivity contribution is 7.91. The number of amides is 2. The zero-order chi connectivity index (χ0) is 19.4. The summed E-state index contributed by atoms with van der Waals surface area (Å²) in [6.07, 6.45) is 2.01. The van der Waals surface area contributed by atoms with E-state index in [0.29, 0.717) is 16.8 Å². The number of thiophene rings is 1. The molecule has 2 aromatic rings. The van der Waals surface area contributed by atoms with Gasteiger partial charge in [0.1, 0.15) is 4.21 Å². The van der Waals surface area contributed by atoms with Gasteiger partial charge in [-0.25, -0.2) is 13.1 Å². The van der Waals surface area contributed by atoms with Crippen molar-refractivity contribution in [2.24, 2.45) is 0 Å². The Kier molecular flexibility index (Phi) is 5.93. The molecule has 9 heteroatoms. The van der Waals surface area contributed by atoms with Crippen LogP contribution >= 0.6 is 11.3 Å². The van der Waals surface area contributed by atoms with Crippen LogP contribution in [-0.2, 0) is 14.8 Å². The fraction of sp³-hybridized carbons (Fsp3) is 0.333. The number of carbonyl (C=O) groups excluding carboxylic acids is 2. The van der Waals surface area contributed by atoms with Crippen molar-refractivity contribution in [3.05, 3.63) is 46.8 Å². The fourth-order valence-electron chi connectivity index (χ4n) is 2.94. The Morgan fingerprint density at radius 1 is 1.15 bits per heavy atom. The van der Waals surface area contributed by atoms with E-state index in [1.165, 1.54) is 6.07 Å². The normalized spacial score (nSPS) is 14.3. The molecule has 27 heavy (non-hydrogen) atoms. The van der Waals surface area contributed by atoms with E-state index in [0.717, 1.165) is 37.3 Å². The smallest absolute Gasteiger partial charge is 0.254 e. The maximum absolute atomic E-state index is 12.6. The Morgan fingerprint density at radius 2 is 1.89 bits per heavy atom. The van der Waals surface area contributed by atoms with Gasteiger partial charge in [-0.15, -0.1) is 11.3 Å². The van der Waals surface area contributed by atoms with E-state index in [2.05, 4.69) is 10.0 Å². The molecule has 1 aromatic heterocycles. The minimum absolute atomic E-state index is 0.0421. The van der Waals surface area contributed by atoms with E-state index >= 15 is 0 Å². The van der Waals surface area contributed by atoms with Gasteiger partial charge in [-0.1, -0.05) is 12.1 Å². The zero-order valence-electron chi connectivity index (χ0n) is 14.9. The van der Waals surface area contributed by atoms with Gasteiger partial charge < -0.3 is 10.2 Å². The van der Waals surface area contributed by atoms with Crippen LogP contribution in [0.3, 0.4) is 0 Å². The Labute approximate surface area is 162 Å². The summed E-state index contributed by atoms with van der Waals surface area (Å²) in [5.41, 5.74) is 1.72. The lowest BCUT2D eigenvalue weighted by Crippen LogP contribution is -2.33. The maximum atomic E-state index is 12.6. The number of anilines is 1. The van der Waals surface area contributed by atoms with Crippen LogP contribution < -0.4 is 10.0 Å². The molecule has 0 unspecified atom stereocenters. The van der Waals surface area contributed by atoms with Crippen molar-refractivity contribution in [3.63, 3.8) is 0 Å². The predicted octanol–water partition coefficient (Wildman–Crippen LogP) is 2.21. The number of hydrogen-bond donors (Lipinski definition) is 2. The first-order chi connectivity index (χ1) is 12.9. The van der Waals surface area contributed by atoms with Gasteiger partial charge >= 0.3 is 0 Å². The van der Waals surface area contributed by atoms with Gasteiger partial charge in [0.25, 0.3) is 15.9 Å². The molecular formula is C18H21N3O4S2.